The third kappa shape index (κ3) is 5.97. The van der Waals surface area contributed by atoms with Gasteiger partial charge >= 0.3 is 0 Å². The van der Waals surface area contributed by atoms with Crippen molar-refractivity contribution in [3.05, 3.63) is 46.7 Å². The molecule has 1 aromatic heterocycles. The van der Waals surface area contributed by atoms with Gasteiger partial charge in [0.2, 0.25) is 5.91 Å². The van der Waals surface area contributed by atoms with Crippen LogP contribution in [0.5, 0.6) is 0 Å². The SMILES string of the molecule is Nc1cccc(NC(=O)CCCOCCc2cccs2)c1. The number of benzene rings is 1. The molecular formula is C16H20N2O2S. The zero-order valence-corrected chi connectivity index (χ0v) is 12.7. The van der Waals surface area contributed by atoms with E-state index in [0.29, 0.717) is 25.3 Å². The Morgan fingerprint density at radius 3 is 2.90 bits per heavy atom. The lowest BCUT2D eigenvalue weighted by atomic mass is 10.2. The Kier molecular flexibility index (Phi) is 6.24. The second-order valence-corrected chi connectivity index (χ2v) is 5.75. The molecule has 1 aromatic carbocycles. The minimum atomic E-state index is -0.0116. The highest BCUT2D eigenvalue weighted by molar-refractivity contribution is 7.09. The molecule has 0 saturated heterocycles. The topological polar surface area (TPSA) is 64.3 Å². The third-order valence-corrected chi connectivity index (χ3v) is 3.87. The Hall–Kier alpha value is -1.85. The summed E-state index contributed by atoms with van der Waals surface area (Å²) < 4.78 is 5.53. The number of rotatable bonds is 8. The van der Waals surface area contributed by atoms with Crippen LogP contribution in [0.2, 0.25) is 0 Å². The monoisotopic (exact) mass is 304 g/mol. The van der Waals surface area contributed by atoms with E-state index < -0.39 is 0 Å². The molecule has 0 unspecified atom stereocenters. The van der Waals surface area contributed by atoms with E-state index in [1.165, 1.54) is 4.88 Å². The van der Waals surface area contributed by atoms with Crippen LogP contribution in [0.3, 0.4) is 0 Å². The molecule has 0 aliphatic rings. The zero-order chi connectivity index (χ0) is 14.9. The second-order valence-electron chi connectivity index (χ2n) is 4.72. The quantitative estimate of drug-likeness (QED) is 0.581. The largest absolute Gasteiger partial charge is 0.399 e. The van der Waals surface area contributed by atoms with Crippen molar-refractivity contribution in [2.24, 2.45) is 0 Å². The van der Waals surface area contributed by atoms with Gasteiger partial charge in [0.15, 0.2) is 0 Å². The second kappa shape index (κ2) is 8.44. The number of amides is 1. The van der Waals surface area contributed by atoms with Crippen molar-refractivity contribution in [3.63, 3.8) is 0 Å². The summed E-state index contributed by atoms with van der Waals surface area (Å²) in [6.07, 6.45) is 2.11. The fourth-order valence-electron chi connectivity index (χ4n) is 1.90. The van der Waals surface area contributed by atoms with Crippen molar-refractivity contribution < 1.29 is 9.53 Å². The summed E-state index contributed by atoms with van der Waals surface area (Å²) in [5.74, 6) is -0.0116. The fraction of sp³-hybridized carbons (Fsp3) is 0.312. The number of carbonyl (C=O) groups is 1. The maximum Gasteiger partial charge on any atom is 0.224 e. The number of nitrogens with one attached hydrogen (secondary N) is 1. The molecule has 1 amide bonds. The summed E-state index contributed by atoms with van der Waals surface area (Å²) in [6.45, 7) is 1.31. The van der Waals surface area contributed by atoms with Crippen molar-refractivity contribution in [2.45, 2.75) is 19.3 Å². The zero-order valence-electron chi connectivity index (χ0n) is 11.9. The number of nitrogens with two attached hydrogens (primary N) is 1. The van der Waals surface area contributed by atoms with Crippen LogP contribution < -0.4 is 11.1 Å². The van der Waals surface area contributed by atoms with E-state index in [4.69, 9.17) is 10.5 Å². The summed E-state index contributed by atoms with van der Waals surface area (Å²) in [7, 11) is 0. The van der Waals surface area contributed by atoms with Crippen molar-refractivity contribution in [1.82, 2.24) is 0 Å². The first-order valence-electron chi connectivity index (χ1n) is 6.99. The van der Waals surface area contributed by atoms with Crippen LogP contribution in [0.1, 0.15) is 17.7 Å². The maximum absolute atomic E-state index is 11.7. The molecule has 1 heterocycles. The number of anilines is 2. The van der Waals surface area contributed by atoms with Gasteiger partial charge in [-0.15, -0.1) is 11.3 Å². The number of hydrogen-bond acceptors (Lipinski definition) is 4. The van der Waals surface area contributed by atoms with Crippen LogP contribution in [-0.2, 0) is 16.0 Å². The predicted octanol–water partition coefficient (Wildman–Crippen LogP) is 3.31. The van der Waals surface area contributed by atoms with Crippen molar-refractivity contribution in [1.29, 1.82) is 0 Å². The summed E-state index contributed by atoms with van der Waals surface area (Å²) in [4.78, 5) is 13.1. The molecule has 112 valence electrons. The Morgan fingerprint density at radius 1 is 1.24 bits per heavy atom. The van der Waals surface area contributed by atoms with E-state index in [1.54, 1.807) is 23.5 Å². The molecule has 0 fully saturated rings. The van der Waals surface area contributed by atoms with Crippen molar-refractivity contribution in [2.75, 3.05) is 24.3 Å². The highest BCUT2D eigenvalue weighted by Crippen LogP contribution is 2.12. The normalized spacial score (nSPS) is 10.5. The summed E-state index contributed by atoms with van der Waals surface area (Å²) in [5.41, 5.74) is 7.04. The lowest BCUT2D eigenvalue weighted by Gasteiger charge is -2.06. The van der Waals surface area contributed by atoms with E-state index in [2.05, 4.69) is 16.8 Å². The molecule has 5 heteroatoms. The number of thiophene rings is 1. The van der Waals surface area contributed by atoms with Crippen LogP contribution in [0, 0.1) is 0 Å². The van der Waals surface area contributed by atoms with Gasteiger partial charge in [0.05, 0.1) is 6.61 Å². The first kappa shape index (κ1) is 15.5. The van der Waals surface area contributed by atoms with E-state index in [9.17, 15) is 4.79 Å². The number of carbonyl (C=O) groups excluding carboxylic acids is 1. The van der Waals surface area contributed by atoms with Crippen LogP contribution in [0.15, 0.2) is 41.8 Å². The smallest absolute Gasteiger partial charge is 0.224 e. The molecule has 0 aliphatic heterocycles. The van der Waals surface area contributed by atoms with Gasteiger partial charge in [0.1, 0.15) is 0 Å². The molecule has 0 aliphatic carbocycles. The molecule has 2 aromatic rings. The van der Waals surface area contributed by atoms with Gasteiger partial charge in [-0.05, 0) is 36.1 Å². The maximum atomic E-state index is 11.7. The average Bonchev–Trinajstić information content (AvgIpc) is 2.96. The van der Waals surface area contributed by atoms with Crippen LogP contribution >= 0.6 is 11.3 Å². The molecule has 2 rings (SSSR count). The van der Waals surface area contributed by atoms with Gasteiger partial charge in [0, 0.05) is 35.7 Å². The van der Waals surface area contributed by atoms with Crippen LogP contribution in [0.4, 0.5) is 11.4 Å². The molecule has 3 N–H and O–H groups in total. The predicted molar refractivity (Wildman–Crippen MR) is 87.6 cm³/mol. The summed E-state index contributed by atoms with van der Waals surface area (Å²) in [5, 5.41) is 4.89. The molecule has 0 saturated carbocycles. The molecule has 4 nitrogen and oxygen atoms in total. The molecule has 21 heavy (non-hydrogen) atoms. The van der Waals surface area contributed by atoms with E-state index in [0.717, 1.165) is 18.5 Å². The Bertz CT molecular complexity index is 555. The Morgan fingerprint density at radius 2 is 2.14 bits per heavy atom. The highest BCUT2D eigenvalue weighted by atomic mass is 32.1. The molecule has 0 radical (unpaired) electrons. The number of ether oxygens (including phenoxy) is 1. The van der Waals surface area contributed by atoms with E-state index in [-0.39, 0.29) is 5.91 Å². The van der Waals surface area contributed by atoms with Crippen molar-refractivity contribution in [3.8, 4) is 0 Å². The number of nitrogen functional groups attached to an aromatic ring is 1. The summed E-state index contributed by atoms with van der Waals surface area (Å²) >= 11 is 1.74. The Labute approximate surface area is 128 Å². The van der Waals surface area contributed by atoms with Gasteiger partial charge in [-0.2, -0.15) is 0 Å². The van der Waals surface area contributed by atoms with Gasteiger partial charge < -0.3 is 15.8 Å². The molecular weight excluding hydrogens is 284 g/mol. The van der Waals surface area contributed by atoms with E-state index >= 15 is 0 Å². The Balaban J connectivity index is 1.55. The van der Waals surface area contributed by atoms with E-state index in [1.807, 2.05) is 18.2 Å². The summed E-state index contributed by atoms with van der Waals surface area (Å²) in [6, 6.07) is 11.3. The number of hydrogen-bond donors (Lipinski definition) is 2. The van der Waals surface area contributed by atoms with Crippen LogP contribution in [0.25, 0.3) is 0 Å². The van der Waals surface area contributed by atoms with Gasteiger partial charge in [0.25, 0.3) is 0 Å². The minimum Gasteiger partial charge on any atom is -0.399 e. The average molecular weight is 304 g/mol. The van der Waals surface area contributed by atoms with Gasteiger partial charge in [-0.25, -0.2) is 0 Å². The van der Waals surface area contributed by atoms with Gasteiger partial charge in [-0.3, -0.25) is 4.79 Å². The van der Waals surface area contributed by atoms with Gasteiger partial charge in [-0.1, -0.05) is 12.1 Å². The molecule has 0 atom stereocenters. The lowest BCUT2D eigenvalue weighted by molar-refractivity contribution is -0.116. The highest BCUT2D eigenvalue weighted by Gasteiger charge is 2.02. The minimum absolute atomic E-state index is 0.0116. The first-order chi connectivity index (χ1) is 10.2. The standard InChI is InChI=1S/C16H20N2O2S/c17-13-4-1-5-14(12-13)18-16(19)7-2-9-20-10-8-15-6-3-11-21-15/h1,3-6,11-12H,2,7-10,17H2,(H,18,19). The third-order valence-electron chi connectivity index (χ3n) is 2.94. The lowest BCUT2D eigenvalue weighted by Crippen LogP contribution is -2.12. The van der Waals surface area contributed by atoms with Crippen LogP contribution in [-0.4, -0.2) is 19.1 Å². The first-order valence-corrected chi connectivity index (χ1v) is 7.87. The molecule has 0 bridgehead atoms. The molecule has 0 spiro atoms. The van der Waals surface area contributed by atoms with Crippen molar-refractivity contribution >= 4 is 28.6 Å². The fourth-order valence-corrected chi connectivity index (χ4v) is 2.59.